The van der Waals surface area contributed by atoms with Crippen LogP contribution in [0.1, 0.15) is 10.4 Å². The topological polar surface area (TPSA) is 34.2 Å². The highest BCUT2D eigenvalue weighted by molar-refractivity contribution is 7.09. The average Bonchev–Trinajstić information content (AvgIpc) is 2.81. The molecule has 0 radical (unpaired) electrons. The summed E-state index contributed by atoms with van der Waals surface area (Å²) in [5, 5.41) is 5.16. The summed E-state index contributed by atoms with van der Waals surface area (Å²) in [4.78, 5) is 5.30. The molecule has 0 aliphatic heterocycles. The Morgan fingerprint density at radius 2 is 2.38 bits per heavy atom. The number of hydrogen-bond acceptors (Lipinski definition) is 4. The first kappa shape index (κ1) is 11.1. The maximum Gasteiger partial charge on any atom is 0.142 e. The molecular formula is C12H14N2OS. The molecule has 0 saturated heterocycles. The third kappa shape index (κ3) is 2.81. The van der Waals surface area contributed by atoms with Gasteiger partial charge in [-0.25, -0.2) is 0 Å². The SMILES string of the molecule is CNCc1ccncc1OCc1cccs1. The zero-order chi connectivity index (χ0) is 11.2. The summed E-state index contributed by atoms with van der Waals surface area (Å²) in [5.41, 5.74) is 1.13. The Labute approximate surface area is 99.1 Å². The van der Waals surface area contributed by atoms with Gasteiger partial charge in [-0.05, 0) is 24.6 Å². The average molecular weight is 234 g/mol. The van der Waals surface area contributed by atoms with Crippen molar-refractivity contribution in [1.82, 2.24) is 10.3 Å². The first-order chi connectivity index (χ1) is 7.90. The van der Waals surface area contributed by atoms with Crippen molar-refractivity contribution in [2.45, 2.75) is 13.2 Å². The van der Waals surface area contributed by atoms with Crippen molar-refractivity contribution in [3.05, 3.63) is 46.4 Å². The third-order valence-corrected chi connectivity index (χ3v) is 3.04. The van der Waals surface area contributed by atoms with Gasteiger partial charge in [-0.15, -0.1) is 11.3 Å². The summed E-state index contributed by atoms with van der Waals surface area (Å²) in [6.07, 6.45) is 3.55. The molecule has 2 aromatic rings. The maximum atomic E-state index is 5.74. The molecule has 0 unspecified atom stereocenters. The van der Waals surface area contributed by atoms with Crippen LogP contribution in [0.5, 0.6) is 5.75 Å². The van der Waals surface area contributed by atoms with Crippen LogP contribution in [0.25, 0.3) is 0 Å². The summed E-state index contributed by atoms with van der Waals surface area (Å²) in [6.45, 7) is 1.41. The van der Waals surface area contributed by atoms with E-state index in [1.807, 2.05) is 19.2 Å². The van der Waals surface area contributed by atoms with E-state index in [0.29, 0.717) is 6.61 Å². The molecule has 0 atom stereocenters. The van der Waals surface area contributed by atoms with Crippen molar-refractivity contribution in [2.24, 2.45) is 0 Å². The lowest BCUT2D eigenvalue weighted by Gasteiger charge is -2.09. The molecule has 3 nitrogen and oxygen atoms in total. The van der Waals surface area contributed by atoms with Gasteiger partial charge in [0.2, 0.25) is 0 Å². The second-order valence-corrected chi connectivity index (χ2v) is 4.41. The van der Waals surface area contributed by atoms with E-state index >= 15 is 0 Å². The molecule has 4 heteroatoms. The molecule has 0 amide bonds. The number of nitrogens with zero attached hydrogens (tertiary/aromatic N) is 1. The Morgan fingerprint density at radius 3 is 3.12 bits per heavy atom. The summed E-state index contributed by atoms with van der Waals surface area (Å²) in [5.74, 6) is 0.852. The van der Waals surface area contributed by atoms with Gasteiger partial charge in [0.15, 0.2) is 0 Å². The fourth-order valence-electron chi connectivity index (χ4n) is 1.42. The Morgan fingerprint density at radius 1 is 1.44 bits per heavy atom. The molecule has 2 rings (SSSR count). The summed E-state index contributed by atoms with van der Waals surface area (Å²) < 4.78 is 5.74. The number of ether oxygens (including phenoxy) is 1. The minimum atomic E-state index is 0.611. The van der Waals surface area contributed by atoms with Crippen molar-refractivity contribution >= 4 is 11.3 Å². The van der Waals surface area contributed by atoms with E-state index in [2.05, 4.69) is 21.7 Å². The molecule has 0 bridgehead atoms. The van der Waals surface area contributed by atoms with Gasteiger partial charge in [-0.3, -0.25) is 4.98 Å². The maximum absolute atomic E-state index is 5.74. The van der Waals surface area contributed by atoms with Crippen LogP contribution in [-0.4, -0.2) is 12.0 Å². The molecule has 2 heterocycles. The molecule has 2 aromatic heterocycles. The molecule has 1 N–H and O–H groups in total. The van der Waals surface area contributed by atoms with Crippen LogP contribution in [0.3, 0.4) is 0 Å². The van der Waals surface area contributed by atoms with Gasteiger partial charge in [0.25, 0.3) is 0 Å². The molecule has 0 aliphatic carbocycles. The molecule has 0 fully saturated rings. The third-order valence-electron chi connectivity index (χ3n) is 2.19. The van der Waals surface area contributed by atoms with E-state index in [9.17, 15) is 0 Å². The molecule has 0 saturated carbocycles. The highest BCUT2D eigenvalue weighted by Crippen LogP contribution is 2.19. The van der Waals surface area contributed by atoms with E-state index in [-0.39, 0.29) is 0 Å². The van der Waals surface area contributed by atoms with E-state index in [1.54, 1.807) is 23.7 Å². The first-order valence-corrected chi connectivity index (χ1v) is 6.01. The van der Waals surface area contributed by atoms with Crippen molar-refractivity contribution in [3.63, 3.8) is 0 Å². The lowest BCUT2D eigenvalue weighted by atomic mass is 10.2. The van der Waals surface area contributed by atoms with Crippen LogP contribution in [0.15, 0.2) is 36.0 Å². The molecule has 16 heavy (non-hydrogen) atoms. The Kier molecular flexibility index (Phi) is 3.91. The van der Waals surface area contributed by atoms with Gasteiger partial charge in [-0.1, -0.05) is 6.07 Å². The van der Waals surface area contributed by atoms with Gasteiger partial charge in [0.1, 0.15) is 12.4 Å². The van der Waals surface area contributed by atoms with Crippen LogP contribution in [0.4, 0.5) is 0 Å². The Bertz CT molecular complexity index is 428. The highest BCUT2D eigenvalue weighted by atomic mass is 32.1. The summed E-state index contributed by atoms with van der Waals surface area (Å²) >= 11 is 1.70. The second-order valence-electron chi connectivity index (χ2n) is 3.38. The number of pyridine rings is 1. The Hall–Kier alpha value is -1.39. The van der Waals surface area contributed by atoms with Gasteiger partial charge < -0.3 is 10.1 Å². The minimum absolute atomic E-state index is 0.611. The number of thiophene rings is 1. The van der Waals surface area contributed by atoms with Gasteiger partial charge in [0, 0.05) is 23.2 Å². The van der Waals surface area contributed by atoms with E-state index in [1.165, 1.54) is 4.88 Å². The van der Waals surface area contributed by atoms with Crippen molar-refractivity contribution in [3.8, 4) is 5.75 Å². The van der Waals surface area contributed by atoms with E-state index in [4.69, 9.17) is 4.74 Å². The predicted molar refractivity (Wildman–Crippen MR) is 65.7 cm³/mol. The lowest BCUT2D eigenvalue weighted by Crippen LogP contribution is -2.07. The number of nitrogens with one attached hydrogen (secondary N) is 1. The van der Waals surface area contributed by atoms with Crippen LogP contribution < -0.4 is 10.1 Å². The molecule has 84 valence electrons. The predicted octanol–water partition coefficient (Wildman–Crippen LogP) is 2.44. The highest BCUT2D eigenvalue weighted by Gasteiger charge is 2.03. The molecule has 0 aliphatic rings. The minimum Gasteiger partial charge on any atom is -0.486 e. The summed E-state index contributed by atoms with van der Waals surface area (Å²) in [6, 6.07) is 6.07. The van der Waals surface area contributed by atoms with Crippen molar-refractivity contribution < 1.29 is 4.74 Å². The quantitative estimate of drug-likeness (QED) is 0.862. The molecule has 0 spiro atoms. The fraction of sp³-hybridized carbons (Fsp3) is 0.250. The smallest absolute Gasteiger partial charge is 0.142 e. The van der Waals surface area contributed by atoms with Crippen molar-refractivity contribution in [2.75, 3.05) is 7.05 Å². The van der Waals surface area contributed by atoms with Gasteiger partial charge in [0.05, 0.1) is 6.20 Å². The number of aromatic nitrogens is 1. The van der Waals surface area contributed by atoms with E-state index < -0.39 is 0 Å². The zero-order valence-electron chi connectivity index (χ0n) is 9.14. The van der Waals surface area contributed by atoms with Crippen LogP contribution in [0.2, 0.25) is 0 Å². The largest absolute Gasteiger partial charge is 0.486 e. The lowest BCUT2D eigenvalue weighted by molar-refractivity contribution is 0.304. The van der Waals surface area contributed by atoms with Gasteiger partial charge in [-0.2, -0.15) is 0 Å². The fourth-order valence-corrected chi connectivity index (χ4v) is 2.03. The Balaban J connectivity index is 2.03. The molecule has 0 aromatic carbocycles. The second kappa shape index (κ2) is 5.63. The summed E-state index contributed by atoms with van der Waals surface area (Å²) in [7, 11) is 1.92. The van der Waals surface area contributed by atoms with Crippen molar-refractivity contribution in [1.29, 1.82) is 0 Å². The van der Waals surface area contributed by atoms with Gasteiger partial charge >= 0.3 is 0 Å². The zero-order valence-corrected chi connectivity index (χ0v) is 9.96. The number of hydrogen-bond donors (Lipinski definition) is 1. The van der Waals surface area contributed by atoms with E-state index in [0.717, 1.165) is 17.9 Å². The first-order valence-electron chi connectivity index (χ1n) is 5.13. The monoisotopic (exact) mass is 234 g/mol. The normalized spacial score (nSPS) is 10.3. The van der Waals surface area contributed by atoms with Crippen LogP contribution in [0, 0.1) is 0 Å². The molecular weight excluding hydrogens is 220 g/mol. The standard InChI is InChI=1S/C12H14N2OS/c1-13-7-10-4-5-14-8-12(10)15-9-11-3-2-6-16-11/h2-6,8,13H,7,9H2,1H3. The number of rotatable bonds is 5. The van der Waals surface area contributed by atoms with Crippen LogP contribution >= 0.6 is 11.3 Å². The van der Waals surface area contributed by atoms with Crippen LogP contribution in [-0.2, 0) is 13.2 Å².